The van der Waals surface area contributed by atoms with Gasteiger partial charge in [-0.1, -0.05) is 6.92 Å². The Kier molecular flexibility index (Phi) is 3.39. The summed E-state index contributed by atoms with van der Waals surface area (Å²) in [5.41, 5.74) is 5.94. The van der Waals surface area contributed by atoms with Gasteiger partial charge in [-0.25, -0.2) is 0 Å². The van der Waals surface area contributed by atoms with Crippen LogP contribution in [0.1, 0.15) is 27.2 Å². The number of rotatable bonds is 4. The van der Waals surface area contributed by atoms with Crippen LogP contribution in [-0.4, -0.2) is 17.7 Å². The van der Waals surface area contributed by atoms with Crippen LogP contribution in [0.3, 0.4) is 0 Å². The van der Waals surface area contributed by atoms with Crippen LogP contribution in [0, 0.1) is 0 Å². The lowest BCUT2D eigenvalue weighted by Gasteiger charge is -2.24. The molecule has 0 atom stereocenters. The molecule has 0 amide bonds. The number of anilines is 1. The Morgan fingerprint density at radius 2 is 2.07 bits per heavy atom. The van der Waals surface area contributed by atoms with E-state index in [9.17, 15) is 0 Å². The van der Waals surface area contributed by atoms with E-state index in [-0.39, 0.29) is 5.60 Å². The number of pyridine rings is 1. The average Bonchev–Trinajstić information content (AvgIpc) is 2.20. The molecule has 0 spiro atoms. The zero-order chi connectivity index (χ0) is 11.5. The molecule has 0 aromatic carbocycles. The average molecular weight is 210 g/mol. The monoisotopic (exact) mass is 210 g/mol. The number of methoxy groups -OCH3 is 1. The summed E-state index contributed by atoms with van der Waals surface area (Å²) in [5, 5.41) is 0. The Balaban J connectivity index is 2.87. The number of aromatic nitrogens is 1. The number of hydrogen-bond donors (Lipinski definition) is 1. The smallest absolute Gasteiger partial charge is 0.240 e. The highest BCUT2D eigenvalue weighted by Crippen LogP contribution is 2.25. The van der Waals surface area contributed by atoms with Gasteiger partial charge in [0, 0.05) is 6.07 Å². The van der Waals surface area contributed by atoms with Crippen molar-refractivity contribution in [3.05, 3.63) is 12.1 Å². The second-order valence-electron chi connectivity index (χ2n) is 3.96. The summed E-state index contributed by atoms with van der Waals surface area (Å²) >= 11 is 0. The van der Waals surface area contributed by atoms with Crippen LogP contribution >= 0.6 is 0 Å². The molecule has 4 nitrogen and oxygen atoms in total. The van der Waals surface area contributed by atoms with Crippen molar-refractivity contribution in [2.75, 3.05) is 12.8 Å². The van der Waals surface area contributed by atoms with E-state index in [2.05, 4.69) is 11.9 Å². The number of nitrogens with two attached hydrogens (primary N) is 1. The molecule has 0 unspecified atom stereocenters. The number of ether oxygens (including phenoxy) is 2. The molecule has 15 heavy (non-hydrogen) atoms. The second kappa shape index (κ2) is 4.38. The maximum atomic E-state index is 5.70. The van der Waals surface area contributed by atoms with Crippen LogP contribution in [-0.2, 0) is 0 Å². The van der Waals surface area contributed by atoms with Gasteiger partial charge in [0.15, 0.2) is 0 Å². The highest BCUT2D eigenvalue weighted by atomic mass is 16.5. The summed E-state index contributed by atoms with van der Waals surface area (Å²) in [4.78, 5) is 4.15. The predicted molar refractivity (Wildman–Crippen MR) is 60.2 cm³/mol. The molecule has 0 bridgehead atoms. The lowest BCUT2D eigenvalue weighted by Crippen LogP contribution is -2.27. The van der Waals surface area contributed by atoms with Gasteiger partial charge in [-0.05, 0) is 26.3 Å². The highest BCUT2D eigenvalue weighted by molar-refractivity contribution is 5.49. The van der Waals surface area contributed by atoms with E-state index < -0.39 is 0 Å². The van der Waals surface area contributed by atoms with Crippen LogP contribution in [0.5, 0.6) is 11.8 Å². The molecule has 0 aliphatic carbocycles. The Morgan fingerprint density at radius 3 is 2.60 bits per heavy atom. The Morgan fingerprint density at radius 1 is 1.40 bits per heavy atom. The first-order valence-corrected chi connectivity index (χ1v) is 4.98. The SMILES string of the molecule is CCC(C)(C)Oc1ccc(N)c(OC)n1. The first-order valence-electron chi connectivity index (χ1n) is 4.98. The van der Waals surface area contributed by atoms with Crippen LogP contribution in [0.4, 0.5) is 5.69 Å². The molecule has 0 aliphatic heterocycles. The van der Waals surface area contributed by atoms with E-state index in [1.54, 1.807) is 12.1 Å². The van der Waals surface area contributed by atoms with E-state index in [1.165, 1.54) is 7.11 Å². The van der Waals surface area contributed by atoms with Gasteiger partial charge in [0.1, 0.15) is 5.60 Å². The van der Waals surface area contributed by atoms with Crippen molar-refractivity contribution >= 4 is 5.69 Å². The third kappa shape index (κ3) is 3.01. The van der Waals surface area contributed by atoms with Gasteiger partial charge in [0.2, 0.25) is 11.8 Å². The maximum absolute atomic E-state index is 5.70. The summed E-state index contributed by atoms with van der Waals surface area (Å²) < 4.78 is 10.7. The lowest BCUT2D eigenvalue weighted by atomic mass is 10.1. The zero-order valence-corrected chi connectivity index (χ0v) is 9.70. The highest BCUT2D eigenvalue weighted by Gasteiger charge is 2.18. The van der Waals surface area contributed by atoms with Gasteiger partial charge in [0.25, 0.3) is 0 Å². The van der Waals surface area contributed by atoms with Gasteiger partial charge in [0.05, 0.1) is 12.8 Å². The molecule has 84 valence electrons. The third-order valence-electron chi connectivity index (χ3n) is 2.29. The standard InChI is InChI=1S/C11H18N2O2/c1-5-11(2,3)15-9-7-6-8(12)10(13-9)14-4/h6-7H,5,12H2,1-4H3. The quantitative estimate of drug-likeness (QED) is 0.828. The maximum Gasteiger partial charge on any atom is 0.240 e. The minimum atomic E-state index is -0.228. The van der Waals surface area contributed by atoms with Crippen LogP contribution in [0.2, 0.25) is 0 Å². The van der Waals surface area contributed by atoms with E-state index in [4.69, 9.17) is 15.2 Å². The molecule has 1 aromatic rings. The molecular weight excluding hydrogens is 192 g/mol. The topological polar surface area (TPSA) is 57.4 Å². The van der Waals surface area contributed by atoms with Crippen LogP contribution < -0.4 is 15.2 Å². The van der Waals surface area contributed by atoms with E-state index in [1.807, 2.05) is 13.8 Å². The van der Waals surface area contributed by atoms with E-state index in [0.717, 1.165) is 6.42 Å². The third-order valence-corrected chi connectivity index (χ3v) is 2.29. The summed E-state index contributed by atoms with van der Waals surface area (Å²) in [7, 11) is 1.54. The molecular formula is C11H18N2O2. The molecule has 0 fully saturated rings. The van der Waals surface area contributed by atoms with Crippen LogP contribution in [0.15, 0.2) is 12.1 Å². The summed E-state index contributed by atoms with van der Waals surface area (Å²) in [6.45, 7) is 6.09. The molecule has 1 rings (SSSR count). The van der Waals surface area contributed by atoms with Crippen molar-refractivity contribution in [2.45, 2.75) is 32.8 Å². The lowest BCUT2D eigenvalue weighted by molar-refractivity contribution is 0.0982. The van der Waals surface area contributed by atoms with Crippen molar-refractivity contribution in [3.63, 3.8) is 0 Å². The fourth-order valence-corrected chi connectivity index (χ4v) is 1.01. The van der Waals surface area contributed by atoms with Gasteiger partial charge in [-0.3, -0.25) is 0 Å². The molecule has 4 heteroatoms. The summed E-state index contributed by atoms with van der Waals surface area (Å²) in [6, 6.07) is 3.47. The number of hydrogen-bond acceptors (Lipinski definition) is 4. The molecule has 0 saturated heterocycles. The van der Waals surface area contributed by atoms with Gasteiger partial charge >= 0.3 is 0 Å². The molecule has 1 aromatic heterocycles. The minimum Gasteiger partial charge on any atom is -0.479 e. The summed E-state index contributed by atoms with van der Waals surface area (Å²) in [5.74, 6) is 0.937. The molecule has 0 aliphatic rings. The van der Waals surface area contributed by atoms with E-state index >= 15 is 0 Å². The first kappa shape index (κ1) is 11.6. The zero-order valence-electron chi connectivity index (χ0n) is 9.70. The van der Waals surface area contributed by atoms with Crippen molar-refractivity contribution in [3.8, 4) is 11.8 Å². The Labute approximate surface area is 90.4 Å². The van der Waals surface area contributed by atoms with Gasteiger partial charge < -0.3 is 15.2 Å². The molecule has 0 radical (unpaired) electrons. The first-order chi connectivity index (χ1) is 6.98. The molecule has 2 N–H and O–H groups in total. The number of nitrogens with zero attached hydrogens (tertiary/aromatic N) is 1. The molecule has 1 heterocycles. The Bertz CT molecular complexity index is 337. The molecule has 0 saturated carbocycles. The summed E-state index contributed by atoms with van der Waals surface area (Å²) in [6.07, 6.45) is 0.904. The minimum absolute atomic E-state index is 0.228. The fourth-order valence-electron chi connectivity index (χ4n) is 1.01. The second-order valence-corrected chi connectivity index (χ2v) is 3.96. The predicted octanol–water partition coefficient (Wildman–Crippen LogP) is 2.24. The van der Waals surface area contributed by atoms with Crippen molar-refractivity contribution in [2.24, 2.45) is 0 Å². The van der Waals surface area contributed by atoms with Crippen molar-refractivity contribution in [1.82, 2.24) is 4.98 Å². The largest absolute Gasteiger partial charge is 0.479 e. The van der Waals surface area contributed by atoms with Gasteiger partial charge in [-0.15, -0.1) is 0 Å². The normalized spacial score (nSPS) is 11.2. The number of nitrogen functional groups attached to an aromatic ring is 1. The fraction of sp³-hybridized carbons (Fsp3) is 0.545. The van der Waals surface area contributed by atoms with E-state index in [0.29, 0.717) is 17.4 Å². The van der Waals surface area contributed by atoms with Gasteiger partial charge in [-0.2, -0.15) is 4.98 Å². The van der Waals surface area contributed by atoms with Crippen molar-refractivity contribution < 1.29 is 9.47 Å². The van der Waals surface area contributed by atoms with Crippen molar-refractivity contribution in [1.29, 1.82) is 0 Å². The Hall–Kier alpha value is -1.45. The van der Waals surface area contributed by atoms with Crippen LogP contribution in [0.25, 0.3) is 0 Å².